The second-order valence-corrected chi connectivity index (χ2v) is 5.83. The Labute approximate surface area is 144 Å². The largest absolute Gasteiger partial charge is 0.365 e. The van der Waals surface area contributed by atoms with E-state index >= 15 is 0 Å². The Morgan fingerprint density at radius 1 is 1.25 bits per heavy atom. The molecule has 1 aromatic heterocycles. The number of para-hydroxylation sites is 1. The Morgan fingerprint density at radius 3 is 2.75 bits per heavy atom. The molecule has 118 valence electrons. The molecule has 2 aromatic carbocycles. The summed E-state index contributed by atoms with van der Waals surface area (Å²) in [6.45, 7) is 0.632. The summed E-state index contributed by atoms with van der Waals surface area (Å²) in [4.78, 5) is 11.3. The van der Waals surface area contributed by atoms with Gasteiger partial charge in [-0.15, -0.1) is 0 Å². The fraction of sp³-hybridized carbons (Fsp3) is 0.0526. The van der Waals surface area contributed by atoms with E-state index in [1.165, 1.54) is 6.08 Å². The van der Waals surface area contributed by atoms with Crippen LogP contribution in [-0.4, -0.2) is 10.5 Å². The summed E-state index contributed by atoms with van der Waals surface area (Å²) in [5.41, 5.74) is 8.02. The molecule has 0 atom stereocenters. The third-order valence-corrected chi connectivity index (χ3v) is 3.98. The number of rotatable bonds is 4. The number of nitriles is 1. The lowest BCUT2D eigenvalue weighted by atomic mass is 10.1. The zero-order valence-corrected chi connectivity index (χ0v) is 13.5. The topological polar surface area (TPSA) is 71.8 Å². The first-order chi connectivity index (χ1) is 11.6. The van der Waals surface area contributed by atoms with Crippen LogP contribution in [0.3, 0.4) is 0 Å². The van der Waals surface area contributed by atoms with E-state index in [1.807, 2.05) is 60.8 Å². The van der Waals surface area contributed by atoms with Crippen molar-refractivity contribution in [2.45, 2.75) is 6.54 Å². The van der Waals surface area contributed by atoms with E-state index in [1.54, 1.807) is 0 Å². The quantitative estimate of drug-likeness (QED) is 0.582. The van der Waals surface area contributed by atoms with Crippen molar-refractivity contribution in [2.24, 2.45) is 5.73 Å². The Balaban J connectivity index is 2.10. The van der Waals surface area contributed by atoms with Crippen LogP contribution in [0.5, 0.6) is 0 Å². The van der Waals surface area contributed by atoms with Crippen LogP contribution in [-0.2, 0) is 11.3 Å². The molecule has 1 heterocycles. The van der Waals surface area contributed by atoms with Crippen molar-refractivity contribution in [1.29, 1.82) is 5.26 Å². The van der Waals surface area contributed by atoms with Crippen molar-refractivity contribution >= 4 is 34.5 Å². The number of hydrogen-bond acceptors (Lipinski definition) is 2. The minimum Gasteiger partial charge on any atom is -0.365 e. The van der Waals surface area contributed by atoms with Gasteiger partial charge in [0.05, 0.1) is 0 Å². The molecule has 0 spiro atoms. The molecule has 3 rings (SSSR count). The summed E-state index contributed by atoms with van der Waals surface area (Å²) >= 11 is 6.05. The predicted octanol–water partition coefficient (Wildman–Crippen LogP) is 3.74. The van der Waals surface area contributed by atoms with Crippen molar-refractivity contribution in [3.8, 4) is 6.07 Å². The molecule has 1 amide bonds. The highest BCUT2D eigenvalue weighted by molar-refractivity contribution is 6.30. The van der Waals surface area contributed by atoms with Gasteiger partial charge in [0.2, 0.25) is 0 Å². The number of carbonyl (C=O) groups excluding carboxylic acids is 1. The van der Waals surface area contributed by atoms with Crippen molar-refractivity contribution < 1.29 is 4.79 Å². The molecule has 0 bridgehead atoms. The van der Waals surface area contributed by atoms with Crippen LogP contribution in [0.15, 0.2) is 60.3 Å². The number of carbonyl (C=O) groups is 1. The van der Waals surface area contributed by atoms with Crippen molar-refractivity contribution in [3.63, 3.8) is 0 Å². The molecule has 3 aromatic rings. The smallest absolute Gasteiger partial charge is 0.259 e. The van der Waals surface area contributed by atoms with Gasteiger partial charge >= 0.3 is 0 Å². The van der Waals surface area contributed by atoms with E-state index in [2.05, 4.69) is 4.57 Å². The number of amides is 1. The van der Waals surface area contributed by atoms with Crippen LogP contribution in [0.25, 0.3) is 17.0 Å². The van der Waals surface area contributed by atoms with E-state index < -0.39 is 5.91 Å². The lowest BCUT2D eigenvalue weighted by molar-refractivity contribution is -0.114. The van der Waals surface area contributed by atoms with Crippen molar-refractivity contribution in [3.05, 3.63) is 76.5 Å². The molecule has 24 heavy (non-hydrogen) atoms. The summed E-state index contributed by atoms with van der Waals surface area (Å²) in [5.74, 6) is -0.732. The van der Waals surface area contributed by atoms with Gasteiger partial charge in [-0.2, -0.15) is 5.26 Å². The van der Waals surface area contributed by atoms with Crippen molar-refractivity contribution in [2.75, 3.05) is 0 Å². The normalized spacial score (nSPS) is 11.4. The number of aromatic nitrogens is 1. The lowest BCUT2D eigenvalue weighted by Crippen LogP contribution is -2.12. The maximum absolute atomic E-state index is 11.3. The Kier molecular flexibility index (Phi) is 4.37. The standard InChI is InChI=1S/C19H14ClN3O/c20-16-5-3-4-13(8-16)11-23-12-15(9-14(10-21)19(22)24)17-6-1-2-7-18(17)23/h1-9,12H,11H2,(H2,22,24). The molecule has 2 N–H and O–H groups in total. The Bertz CT molecular complexity index is 995. The average molecular weight is 336 g/mol. The number of nitrogens with zero attached hydrogens (tertiary/aromatic N) is 2. The second-order valence-electron chi connectivity index (χ2n) is 5.39. The first kappa shape index (κ1) is 15.9. The van der Waals surface area contributed by atoms with Gasteiger partial charge in [-0.05, 0) is 29.8 Å². The maximum Gasteiger partial charge on any atom is 0.259 e. The molecule has 0 aliphatic rings. The average Bonchev–Trinajstić information content (AvgIpc) is 2.90. The molecule has 0 unspecified atom stereocenters. The molecule has 0 saturated carbocycles. The van der Waals surface area contributed by atoms with Crippen LogP contribution in [0, 0.1) is 11.3 Å². The highest BCUT2D eigenvalue weighted by Gasteiger charge is 2.10. The first-order valence-electron chi connectivity index (χ1n) is 7.32. The van der Waals surface area contributed by atoms with Gasteiger partial charge in [-0.3, -0.25) is 4.79 Å². The van der Waals surface area contributed by atoms with Gasteiger partial charge in [0.15, 0.2) is 0 Å². The van der Waals surface area contributed by atoms with Crippen molar-refractivity contribution in [1.82, 2.24) is 4.57 Å². The molecule has 0 aliphatic carbocycles. The third-order valence-electron chi connectivity index (χ3n) is 3.75. The minimum absolute atomic E-state index is 0.0688. The second kappa shape index (κ2) is 6.61. The fourth-order valence-electron chi connectivity index (χ4n) is 2.67. The number of halogens is 1. The summed E-state index contributed by atoms with van der Waals surface area (Å²) in [5, 5.41) is 10.7. The first-order valence-corrected chi connectivity index (χ1v) is 7.70. The summed E-state index contributed by atoms with van der Waals surface area (Å²) in [6.07, 6.45) is 3.44. The van der Waals surface area contributed by atoms with E-state index in [-0.39, 0.29) is 5.57 Å². The van der Waals surface area contributed by atoms with Gasteiger partial charge in [-0.1, -0.05) is 41.9 Å². The van der Waals surface area contributed by atoms with E-state index in [4.69, 9.17) is 22.6 Å². The molecule has 4 nitrogen and oxygen atoms in total. The van der Waals surface area contributed by atoms with Gasteiger partial charge in [0.1, 0.15) is 11.6 Å². The Hall–Kier alpha value is -3.03. The molecule has 5 heteroatoms. The maximum atomic E-state index is 11.3. The SMILES string of the molecule is N#CC(=Cc1cn(Cc2cccc(Cl)c2)c2ccccc12)C(N)=O. The number of fused-ring (bicyclic) bond motifs is 1. The molecular weight excluding hydrogens is 322 g/mol. The molecule has 0 fully saturated rings. The molecule has 0 saturated heterocycles. The lowest BCUT2D eigenvalue weighted by Gasteiger charge is -2.05. The zero-order valence-electron chi connectivity index (χ0n) is 12.7. The van der Waals surface area contributed by atoms with Gasteiger partial charge < -0.3 is 10.3 Å². The highest BCUT2D eigenvalue weighted by atomic mass is 35.5. The Morgan fingerprint density at radius 2 is 2.04 bits per heavy atom. The predicted molar refractivity (Wildman–Crippen MR) is 95.3 cm³/mol. The molecule has 0 aliphatic heterocycles. The van der Waals surface area contributed by atoms with Crippen LogP contribution in [0.4, 0.5) is 0 Å². The summed E-state index contributed by atoms with van der Waals surface area (Å²) in [7, 11) is 0. The van der Waals surface area contributed by atoms with Crippen LogP contribution < -0.4 is 5.73 Å². The minimum atomic E-state index is -0.732. The van der Waals surface area contributed by atoms with E-state index in [0.29, 0.717) is 11.6 Å². The number of nitrogens with two attached hydrogens (primary N) is 1. The monoisotopic (exact) mass is 335 g/mol. The fourth-order valence-corrected chi connectivity index (χ4v) is 2.88. The number of hydrogen-bond donors (Lipinski definition) is 1. The third kappa shape index (κ3) is 3.17. The summed E-state index contributed by atoms with van der Waals surface area (Å²) in [6, 6.07) is 17.3. The summed E-state index contributed by atoms with van der Waals surface area (Å²) < 4.78 is 2.06. The molecule has 0 radical (unpaired) electrons. The van der Waals surface area contributed by atoms with Gasteiger partial charge in [-0.25, -0.2) is 0 Å². The number of benzene rings is 2. The number of primary amides is 1. The van der Waals surface area contributed by atoms with Crippen LogP contribution in [0.2, 0.25) is 5.02 Å². The zero-order chi connectivity index (χ0) is 17.1. The van der Waals surface area contributed by atoms with Crippen LogP contribution >= 0.6 is 11.6 Å². The molecular formula is C19H14ClN3O. The van der Waals surface area contributed by atoms with Gasteiger partial charge in [0, 0.05) is 34.2 Å². The highest BCUT2D eigenvalue weighted by Crippen LogP contribution is 2.25. The van der Waals surface area contributed by atoms with Crippen LogP contribution in [0.1, 0.15) is 11.1 Å². The van der Waals surface area contributed by atoms with E-state index in [0.717, 1.165) is 22.0 Å². The van der Waals surface area contributed by atoms with E-state index in [9.17, 15) is 4.79 Å². The van der Waals surface area contributed by atoms with Gasteiger partial charge in [0.25, 0.3) is 5.91 Å².